The maximum Gasteiger partial charge on any atom is 0.162 e. The summed E-state index contributed by atoms with van der Waals surface area (Å²) >= 11 is 0. The number of benzene rings is 2. The van der Waals surface area contributed by atoms with Crippen LogP contribution < -0.4 is 4.90 Å². The first-order chi connectivity index (χ1) is 13.0. The van der Waals surface area contributed by atoms with Crippen molar-refractivity contribution in [3.8, 4) is 11.4 Å². The molecule has 4 heteroatoms. The molecule has 0 atom stereocenters. The number of ketones is 1. The fourth-order valence-electron chi connectivity index (χ4n) is 3.79. The predicted molar refractivity (Wildman–Crippen MR) is 110 cm³/mol. The number of aromatic nitrogens is 2. The van der Waals surface area contributed by atoms with Crippen molar-refractivity contribution in [2.45, 2.75) is 33.6 Å². The smallest absolute Gasteiger partial charge is 0.162 e. The summed E-state index contributed by atoms with van der Waals surface area (Å²) in [4.78, 5) is 24.3. The molecule has 1 aromatic heterocycles. The molecule has 1 aliphatic rings. The number of Topliss-reactive ketones (excluding diaryl/α,β-unsaturated/α-hetero) is 1. The van der Waals surface area contributed by atoms with E-state index in [0.717, 1.165) is 41.3 Å². The summed E-state index contributed by atoms with van der Waals surface area (Å²) in [5, 5.41) is 1.08. The highest BCUT2D eigenvalue weighted by Gasteiger charge is 2.21. The van der Waals surface area contributed by atoms with E-state index in [0.29, 0.717) is 11.4 Å². The summed E-state index contributed by atoms with van der Waals surface area (Å²) in [5.74, 6) is 2.41. The zero-order valence-electron chi connectivity index (χ0n) is 16.2. The van der Waals surface area contributed by atoms with E-state index in [-0.39, 0.29) is 5.78 Å². The Balaban J connectivity index is 1.91. The Bertz CT molecular complexity index is 1000. The topological polar surface area (TPSA) is 46.1 Å². The molecule has 0 radical (unpaired) electrons. The van der Waals surface area contributed by atoms with Crippen molar-refractivity contribution in [1.82, 2.24) is 9.97 Å². The van der Waals surface area contributed by atoms with E-state index < -0.39 is 0 Å². The molecule has 1 fully saturated rings. The summed E-state index contributed by atoms with van der Waals surface area (Å²) < 4.78 is 0. The Morgan fingerprint density at radius 3 is 2.56 bits per heavy atom. The van der Waals surface area contributed by atoms with Gasteiger partial charge in [-0.2, -0.15) is 0 Å². The molecule has 2 aromatic carbocycles. The number of rotatable bonds is 3. The Morgan fingerprint density at radius 1 is 1.07 bits per heavy atom. The molecule has 27 heavy (non-hydrogen) atoms. The van der Waals surface area contributed by atoms with Gasteiger partial charge in [-0.25, -0.2) is 9.97 Å². The number of carbonyl (C=O) groups is 1. The minimum atomic E-state index is 0.0342. The third-order valence-electron chi connectivity index (χ3n) is 5.46. The molecular formula is C23H25N3O. The summed E-state index contributed by atoms with van der Waals surface area (Å²) in [6.45, 7) is 8.00. The molecule has 0 unspecified atom stereocenters. The zero-order valence-corrected chi connectivity index (χ0v) is 16.2. The number of hydrogen-bond donors (Lipinski definition) is 0. The Hall–Kier alpha value is -2.75. The van der Waals surface area contributed by atoms with Crippen LogP contribution in [-0.2, 0) is 0 Å². The monoisotopic (exact) mass is 359 g/mol. The van der Waals surface area contributed by atoms with Crippen molar-refractivity contribution in [3.63, 3.8) is 0 Å². The van der Waals surface area contributed by atoms with Crippen molar-refractivity contribution >= 4 is 22.5 Å². The fraction of sp³-hybridized carbons (Fsp3) is 0.348. The van der Waals surface area contributed by atoms with Gasteiger partial charge in [-0.1, -0.05) is 37.3 Å². The molecule has 0 N–H and O–H groups in total. The van der Waals surface area contributed by atoms with Crippen LogP contribution in [0, 0.1) is 12.8 Å². The van der Waals surface area contributed by atoms with Crippen LogP contribution in [-0.4, -0.2) is 28.8 Å². The number of piperidine rings is 1. The van der Waals surface area contributed by atoms with Crippen LogP contribution in [0.4, 0.5) is 5.82 Å². The lowest BCUT2D eigenvalue weighted by atomic mass is 9.99. The van der Waals surface area contributed by atoms with Crippen LogP contribution in [0.3, 0.4) is 0 Å². The number of hydrogen-bond acceptors (Lipinski definition) is 4. The molecule has 4 rings (SSSR count). The van der Waals surface area contributed by atoms with Crippen LogP contribution in [0.5, 0.6) is 0 Å². The first-order valence-electron chi connectivity index (χ1n) is 9.66. The Morgan fingerprint density at radius 2 is 1.81 bits per heavy atom. The summed E-state index contributed by atoms with van der Waals surface area (Å²) in [7, 11) is 0. The van der Waals surface area contributed by atoms with E-state index in [1.54, 1.807) is 6.92 Å². The van der Waals surface area contributed by atoms with E-state index in [9.17, 15) is 4.79 Å². The molecule has 1 saturated heterocycles. The highest BCUT2D eigenvalue weighted by Crippen LogP contribution is 2.32. The first kappa shape index (κ1) is 17.7. The van der Waals surface area contributed by atoms with Crippen molar-refractivity contribution in [2.75, 3.05) is 18.0 Å². The number of nitrogens with zero attached hydrogens (tertiary/aromatic N) is 3. The second-order valence-electron chi connectivity index (χ2n) is 7.66. The molecule has 0 spiro atoms. The van der Waals surface area contributed by atoms with Gasteiger partial charge in [0.25, 0.3) is 0 Å². The molecule has 0 amide bonds. The SMILES string of the molecule is CC(=O)c1ccccc1-c1nc(N2CCC(C)CC2)c2ccc(C)cc2n1. The molecule has 1 aliphatic heterocycles. The molecule has 2 heterocycles. The number of carbonyl (C=O) groups excluding carboxylic acids is 1. The van der Waals surface area contributed by atoms with Gasteiger partial charge in [-0.15, -0.1) is 0 Å². The minimum Gasteiger partial charge on any atom is -0.356 e. The second-order valence-corrected chi connectivity index (χ2v) is 7.66. The highest BCUT2D eigenvalue weighted by atomic mass is 16.1. The van der Waals surface area contributed by atoms with Gasteiger partial charge in [-0.3, -0.25) is 4.79 Å². The van der Waals surface area contributed by atoms with Crippen molar-refractivity contribution < 1.29 is 4.79 Å². The van der Waals surface area contributed by atoms with Crippen LogP contribution in [0.2, 0.25) is 0 Å². The van der Waals surface area contributed by atoms with Gasteiger partial charge in [0.1, 0.15) is 5.82 Å². The lowest BCUT2D eigenvalue weighted by Gasteiger charge is -2.32. The van der Waals surface area contributed by atoms with Gasteiger partial charge < -0.3 is 4.90 Å². The van der Waals surface area contributed by atoms with Gasteiger partial charge >= 0.3 is 0 Å². The molecule has 0 aliphatic carbocycles. The normalized spacial score (nSPS) is 15.3. The van der Waals surface area contributed by atoms with Gasteiger partial charge in [-0.05, 0) is 50.3 Å². The van der Waals surface area contributed by atoms with Crippen molar-refractivity contribution in [2.24, 2.45) is 5.92 Å². The molecule has 0 bridgehead atoms. The largest absolute Gasteiger partial charge is 0.356 e. The Kier molecular flexibility index (Phi) is 4.65. The quantitative estimate of drug-likeness (QED) is 0.614. The van der Waals surface area contributed by atoms with E-state index in [4.69, 9.17) is 9.97 Å². The third kappa shape index (κ3) is 3.44. The maximum absolute atomic E-state index is 12.1. The Labute approximate surface area is 160 Å². The number of anilines is 1. The fourth-order valence-corrected chi connectivity index (χ4v) is 3.79. The predicted octanol–water partition coefficient (Wildman–Crippen LogP) is 5.04. The molecule has 4 nitrogen and oxygen atoms in total. The molecule has 3 aromatic rings. The highest BCUT2D eigenvalue weighted by molar-refractivity contribution is 6.01. The van der Waals surface area contributed by atoms with E-state index in [1.165, 1.54) is 18.4 Å². The first-order valence-corrected chi connectivity index (χ1v) is 9.66. The molecular weight excluding hydrogens is 334 g/mol. The summed E-state index contributed by atoms with van der Waals surface area (Å²) in [5.41, 5.74) is 3.58. The van der Waals surface area contributed by atoms with Crippen LogP contribution in [0.25, 0.3) is 22.3 Å². The van der Waals surface area contributed by atoms with Gasteiger partial charge in [0, 0.05) is 29.6 Å². The maximum atomic E-state index is 12.1. The average Bonchev–Trinajstić information content (AvgIpc) is 2.67. The van der Waals surface area contributed by atoms with E-state index >= 15 is 0 Å². The standard InChI is InChI=1S/C23H25N3O/c1-15-10-12-26(13-11-15)23-20-9-8-16(2)14-21(20)24-22(25-23)19-7-5-4-6-18(19)17(3)27/h4-9,14-15H,10-13H2,1-3H3. The van der Waals surface area contributed by atoms with Crippen molar-refractivity contribution in [3.05, 3.63) is 53.6 Å². The van der Waals surface area contributed by atoms with Crippen LogP contribution in [0.15, 0.2) is 42.5 Å². The van der Waals surface area contributed by atoms with Gasteiger partial charge in [0.05, 0.1) is 5.52 Å². The minimum absolute atomic E-state index is 0.0342. The number of aryl methyl sites for hydroxylation is 1. The second kappa shape index (κ2) is 7.10. The third-order valence-corrected chi connectivity index (χ3v) is 5.46. The lowest BCUT2D eigenvalue weighted by Crippen LogP contribution is -2.33. The van der Waals surface area contributed by atoms with E-state index in [1.807, 2.05) is 24.3 Å². The van der Waals surface area contributed by atoms with Crippen molar-refractivity contribution in [1.29, 1.82) is 0 Å². The lowest BCUT2D eigenvalue weighted by molar-refractivity contribution is 0.101. The zero-order chi connectivity index (χ0) is 19.0. The van der Waals surface area contributed by atoms with Gasteiger partial charge in [0.15, 0.2) is 11.6 Å². The summed E-state index contributed by atoms with van der Waals surface area (Å²) in [6.07, 6.45) is 2.35. The van der Waals surface area contributed by atoms with Gasteiger partial charge in [0.2, 0.25) is 0 Å². The van der Waals surface area contributed by atoms with Crippen LogP contribution in [0.1, 0.15) is 42.6 Å². The summed E-state index contributed by atoms with van der Waals surface area (Å²) in [6, 6.07) is 14.0. The average molecular weight is 359 g/mol. The number of fused-ring (bicyclic) bond motifs is 1. The molecule has 138 valence electrons. The van der Waals surface area contributed by atoms with Crippen LogP contribution >= 0.6 is 0 Å². The van der Waals surface area contributed by atoms with E-state index in [2.05, 4.69) is 36.9 Å². The molecule has 0 saturated carbocycles.